The molecule has 2 atom stereocenters. The van der Waals surface area contributed by atoms with Crippen LogP contribution in [0.4, 0.5) is 0 Å². The lowest BCUT2D eigenvalue weighted by Crippen LogP contribution is -2.36. The Labute approximate surface area is 120 Å². The van der Waals surface area contributed by atoms with E-state index < -0.39 is 18.0 Å². The van der Waals surface area contributed by atoms with Gasteiger partial charge in [0.15, 0.2) is 5.71 Å². The zero-order valence-corrected chi connectivity index (χ0v) is 11.4. The summed E-state index contributed by atoms with van der Waals surface area (Å²) in [5.41, 5.74) is 0.740. The van der Waals surface area contributed by atoms with E-state index in [0.717, 1.165) is 5.56 Å². The molecule has 2 unspecified atom stereocenters. The smallest absolute Gasteiger partial charge is 0.353 e. The van der Waals surface area contributed by atoms with E-state index in [1.165, 1.54) is 0 Å². The van der Waals surface area contributed by atoms with Crippen LogP contribution in [0.3, 0.4) is 0 Å². The third-order valence-corrected chi connectivity index (χ3v) is 3.19. The van der Waals surface area contributed by atoms with Crippen LogP contribution in [-0.2, 0) is 14.4 Å². The van der Waals surface area contributed by atoms with Crippen molar-refractivity contribution in [1.29, 1.82) is 0 Å². The van der Waals surface area contributed by atoms with E-state index in [-0.39, 0.29) is 18.2 Å². The van der Waals surface area contributed by atoms with Gasteiger partial charge in [-0.05, 0) is 24.6 Å². The molecule has 1 aromatic carbocycles. The molecule has 0 fully saturated rings. The second kappa shape index (κ2) is 5.92. The number of hydrogen-bond donors (Lipinski definition) is 2. The molecule has 1 aliphatic rings. The Balaban J connectivity index is 1.92. The Morgan fingerprint density at radius 3 is 2.65 bits per heavy atom. The van der Waals surface area contributed by atoms with Crippen molar-refractivity contribution in [2.24, 2.45) is 5.16 Å². The molecule has 0 spiro atoms. The second-order valence-electron chi connectivity index (χ2n) is 4.42. The van der Waals surface area contributed by atoms with Crippen LogP contribution in [0.2, 0.25) is 5.02 Å². The lowest BCUT2D eigenvalue weighted by Gasteiger charge is -2.16. The van der Waals surface area contributed by atoms with Crippen molar-refractivity contribution in [3.8, 4) is 0 Å². The summed E-state index contributed by atoms with van der Waals surface area (Å²) in [5.74, 6) is -1.57. The third-order valence-electron chi connectivity index (χ3n) is 2.94. The Morgan fingerprint density at radius 1 is 1.45 bits per heavy atom. The van der Waals surface area contributed by atoms with E-state index in [0.29, 0.717) is 5.02 Å². The minimum atomic E-state index is -1.17. The van der Waals surface area contributed by atoms with Gasteiger partial charge in [0, 0.05) is 11.4 Å². The van der Waals surface area contributed by atoms with Crippen molar-refractivity contribution in [3.63, 3.8) is 0 Å². The summed E-state index contributed by atoms with van der Waals surface area (Å²) in [6.45, 7) is 1.81. The van der Waals surface area contributed by atoms with Crippen LogP contribution in [0, 0.1) is 0 Å². The van der Waals surface area contributed by atoms with Crippen LogP contribution in [0.25, 0.3) is 0 Å². The maximum absolute atomic E-state index is 11.9. The number of carbonyl (C=O) groups is 2. The maximum Gasteiger partial charge on any atom is 0.353 e. The Bertz CT molecular complexity index is 556. The van der Waals surface area contributed by atoms with E-state index in [1.54, 1.807) is 12.1 Å². The molecule has 106 valence electrons. The van der Waals surface area contributed by atoms with Crippen LogP contribution >= 0.6 is 11.6 Å². The molecule has 0 aliphatic carbocycles. The third kappa shape index (κ3) is 3.27. The topological polar surface area (TPSA) is 88.0 Å². The number of oxime groups is 1. The summed E-state index contributed by atoms with van der Waals surface area (Å²) in [4.78, 5) is 27.4. The molecule has 0 aromatic heterocycles. The average Bonchev–Trinajstić information content (AvgIpc) is 2.89. The highest BCUT2D eigenvalue weighted by Crippen LogP contribution is 2.17. The quantitative estimate of drug-likeness (QED) is 0.886. The highest BCUT2D eigenvalue weighted by Gasteiger charge is 2.32. The van der Waals surface area contributed by atoms with E-state index >= 15 is 0 Å². The number of nitrogens with one attached hydrogen (secondary N) is 1. The van der Waals surface area contributed by atoms with E-state index in [4.69, 9.17) is 21.5 Å². The van der Waals surface area contributed by atoms with E-state index in [1.807, 2.05) is 19.1 Å². The van der Waals surface area contributed by atoms with Crippen molar-refractivity contribution in [3.05, 3.63) is 34.9 Å². The molecule has 1 aliphatic heterocycles. The predicted molar refractivity (Wildman–Crippen MR) is 72.6 cm³/mol. The summed E-state index contributed by atoms with van der Waals surface area (Å²) in [5, 5.41) is 15.5. The Kier molecular flexibility index (Phi) is 4.24. The predicted octanol–water partition coefficient (Wildman–Crippen LogP) is 1.75. The van der Waals surface area contributed by atoms with Crippen LogP contribution in [0.15, 0.2) is 29.4 Å². The van der Waals surface area contributed by atoms with Gasteiger partial charge in [-0.3, -0.25) is 4.79 Å². The van der Waals surface area contributed by atoms with Gasteiger partial charge in [-0.25, -0.2) is 4.79 Å². The minimum Gasteiger partial charge on any atom is -0.477 e. The van der Waals surface area contributed by atoms with Crippen LogP contribution in [-0.4, -0.2) is 28.8 Å². The van der Waals surface area contributed by atoms with Crippen molar-refractivity contribution < 1.29 is 19.5 Å². The fourth-order valence-corrected chi connectivity index (χ4v) is 1.91. The molecule has 7 heteroatoms. The molecule has 0 bridgehead atoms. The molecule has 1 heterocycles. The van der Waals surface area contributed by atoms with Gasteiger partial charge in [0.05, 0.1) is 6.04 Å². The lowest BCUT2D eigenvalue weighted by molar-refractivity contribution is -0.132. The number of hydrogen-bond acceptors (Lipinski definition) is 4. The first-order valence-electron chi connectivity index (χ1n) is 5.99. The summed E-state index contributed by atoms with van der Waals surface area (Å²) in [6, 6.07) is 6.84. The standard InChI is InChI=1S/C13H13ClN2O4/c1-7(8-2-4-9(14)5-3-8)15-12(17)11-6-10(13(18)19)16-20-11/h2-5,7,11H,6H2,1H3,(H,15,17)(H,18,19). The Morgan fingerprint density at radius 2 is 2.10 bits per heavy atom. The molecule has 0 saturated carbocycles. The van der Waals surface area contributed by atoms with Crippen LogP contribution in [0.5, 0.6) is 0 Å². The summed E-state index contributed by atoms with van der Waals surface area (Å²) in [6.07, 6.45) is -0.926. The largest absolute Gasteiger partial charge is 0.477 e. The second-order valence-corrected chi connectivity index (χ2v) is 4.86. The molecule has 2 rings (SSSR count). The molecule has 1 amide bonds. The fourth-order valence-electron chi connectivity index (χ4n) is 1.79. The number of halogens is 1. The van der Waals surface area contributed by atoms with Crippen molar-refractivity contribution in [1.82, 2.24) is 5.32 Å². The van der Waals surface area contributed by atoms with Gasteiger partial charge in [-0.1, -0.05) is 28.9 Å². The molecule has 2 N–H and O–H groups in total. The highest BCUT2D eigenvalue weighted by atomic mass is 35.5. The van der Waals surface area contributed by atoms with E-state index in [9.17, 15) is 9.59 Å². The summed E-state index contributed by atoms with van der Waals surface area (Å²) in [7, 11) is 0. The van der Waals surface area contributed by atoms with Crippen LogP contribution in [0.1, 0.15) is 24.9 Å². The molecule has 0 radical (unpaired) electrons. The molecule has 1 aromatic rings. The molecule has 0 saturated heterocycles. The fraction of sp³-hybridized carbons (Fsp3) is 0.308. The number of carboxylic acid groups (broad SMARTS) is 1. The Hall–Kier alpha value is -2.08. The van der Waals surface area contributed by atoms with Gasteiger partial charge in [0.25, 0.3) is 5.91 Å². The van der Waals surface area contributed by atoms with Gasteiger partial charge >= 0.3 is 5.97 Å². The average molecular weight is 297 g/mol. The number of aliphatic carboxylic acids is 1. The monoisotopic (exact) mass is 296 g/mol. The van der Waals surface area contributed by atoms with Crippen molar-refractivity contribution in [2.45, 2.75) is 25.5 Å². The number of benzene rings is 1. The lowest BCUT2D eigenvalue weighted by atomic mass is 10.1. The summed E-state index contributed by atoms with van der Waals surface area (Å²) < 4.78 is 0. The zero-order chi connectivity index (χ0) is 14.7. The molecular weight excluding hydrogens is 284 g/mol. The molecule has 20 heavy (non-hydrogen) atoms. The number of nitrogens with zero attached hydrogens (tertiary/aromatic N) is 1. The highest BCUT2D eigenvalue weighted by molar-refractivity contribution is 6.36. The number of rotatable bonds is 4. The van der Waals surface area contributed by atoms with Gasteiger partial charge in [0.1, 0.15) is 0 Å². The molecule has 6 nitrogen and oxygen atoms in total. The zero-order valence-electron chi connectivity index (χ0n) is 10.7. The first kappa shape index (κ1) is 14.3. The van der Waals surface area contributed by atoms with Crippen molar-refractivity contribution >= 4 is 29.2 Å². The maximum atomic E-state index is 11.9. The normalized spacial score (nSPS) is 18.9. The number of carbonyl (C=O) groups excluding carboxylic acids is 1. The van der Waals surface area contributed by atoms with Gasteiger partial charge in [-0.2, -0.15) is 0 Å². The first-order chi connectivity index (χ1) is 9.47. The molecular formula is C13H13ClN2O4. The minimum absolute atomic E-state index is 0.0332. The van der Waals surface area contributed by atoms with E-state index in [2.05, 4.69) is 10.5 Å². The van der Waals surface area contributed by atoms with Gasteiger partial charge < -0.3 is 15.3 Å². The van der Waals surface area contributed by atoms with Crippen molar-refractivity contribution in [2.75, 3.05) is 0 Å². The summed E-state index contributed by atoms with van der Waals surface area (Å²) >= 11 is 5.79. The SMILES string of the molecule is CC(NC(=O)C1CC(C(=O)O)=NO1)c1ccc(Cl)cc1. The van der Waals surface area contributed by atoms with Crippen LogP contribution < -0.4 is 5.32 Å². The van der Waals surface area contributed by atoms with Gasteiger partial charge in [-0.15, -0.1) is 0 Å². The van der Waals surface area contributed by atoms with Gasteiger partial charge in [0.2, 0.25) is 6.10 Å². The number of amides is 1. The first-order valence-corrected chi connectivity index (χ1v) is 6.37. The number of carboxylic acids is 1.